The van der Waals surface area contributed by atoms with Crippen LogP contribution >= 0.6 is 0 Å². The molecular formula is C6H14BNO3. The highest BCUT2D eigenvalue weighted by atomic mass is 16.4. The lowest BCUT2D eigenvalue weighted by molar-refractivity contribution is -0.120. The summed E-state index contributed by atoms with van der Waals surface area (Å²) < 4.78 is 0. The highest BCUT2D eigenvalue weighted by Gasteiger charge is 2.22. The highest BCUT2D eigenvalue weighted by Crippen LogP contribution is 2.11. The summed E-state index contributed by atoms with van der Waals surface area (Å²) >= 11 is 0. The molecule has 0 saturated heterocycles. The lowest BCUT2D eigenvalue weighted by Crippen LogP contribution is -2.30. The number of hydrogen-bond donors (Lipinski definition) is 3. The standard InChI is InChI=1S/C6H14BNO3/c1-4(7(10)11)3-6(9)5(2)8/h4-5,10-11H,3,8H2,1-2H3/t4-,5-/m0/s1. The normalized spacial score (nSPS) is 15.7. The molecule has 0 radical (unpaired) electrons. The highest BCUT2D eigenvalue weighted by molar-refractivity contribution is 6.43. The van der Waals surface area contributed by atoms with Crippen LogP contribution in [0, 0.1) is 0 Å². The first-order valence-electron chi connectivity index (χ1n) is 3.59. The molecule has 0 spiro atoms. The first kappa shape index (κ1) is 10.6. The van der Waals surface area contributed by atoms with Crippen LogP contribution in [-0.4, -0.2) is 29.0 Å². The van der Waals surface area contributed by atoms with Gasteiger partial charge >= 0.3 is 7.12 Å². The molecule has 0 rings (SSSR count). The quantitative estimate of drug-likeness (QED) is 0.466. The van der Waals surface area contributed by atoms with Gasteiger partial charge in [0.2, 0.25) is 0 Å². The predicted molar refractivity (Wildman–Crippen MR) is 42.9 cm³/mol. The molecule has 0 unspecified atom stereocenters. The lowest BCUT2D eigenvalue weighted by Gasteiger charge is -2.09. The van der Waals surface area contributed by atoms with E-state index in [0.717, 1.165) is 0 Å². The second-order valence-corrected chi connectivity index (χ2v) is 2.85. The van der Waals surface area contributed by atoms with Crippen molar-refractivity contribution in [2.45, 2.75) is 32.1 Å². The SMILES string of the molecule is C[C@H](N)C(=O)C[C@H](C)B(O)O. The van der Waals surface area contributed by atoms with Gasteiger partial charge in [0, 0.05) is 6.42 Å². The van der Waals surface area contributed by atoms with Crippen molar-refractivity contribution in [1.29, 1.82) is 0 Å². The van der Waals surface area contributed by atoms with Crippen molar-refractivity contribution in [2.24, 2.45) is 5.73 Å². The largest absolute Gasteiger partial charge is 0.454 e. The van der Waals surface area contributed by atoms with Crippen LogP contribution < -0.4 is 5.73 Å². The third-order valence-electron chi connectivity index (χ3n) is 1.54. The zero-order chi connectivity index (χ0) is 9.02. The zero-order valence-corrected chi connectivity index (χ0v) is 6.82. The molecule has 0 heterocycles. The molecule has 0 saturated carbocycles. The van der Waals surface area contributed by atoms with Gasteiger partial charge in [0.25, 0.3) is 0 Å². The fraction of sp³-hybridized carbons (Fsp3) is 0.833. The summed E-state index contributed by atoms with van der Waals surface area (Å²) in [5.41, 5.74) is 5.27. The summed E-state index contributed by atoms with van der Waals surface area (Å²) in [6.45, 7) is 3.17. The van der Waals surface area contributed by atoms with E-state index in [-0.39, 0.29) is 12.2 Å². The minimum atomic E-state index is -1.43. The molecule has 11 heavy (non-hydrogen) atoms. The van der Waals surface area contributed by atoms with Crippen molar-refractivity contribution in [3.63, 3.8) is 0 Å². The van der Waals surface area contributed by atoms with Gasteiger partial charge < -0.3 is 15.8 Å². The average molecular weight is 159 g/mol. The Hall–Kier alpha value is -0.385. The van der Waals surface area contributed by atoms with E-state index in [9.17, 15) is 4.79 Å². The van der Waals surface area contributed by atoms with E-state index in [2.05, 4.69) is 0 Å². The van der Waals surface area contributed by atoms with Gasteiger partial charge in [-0.1, -0.05) is 6.92 Å². The van der Waals surface area contributed by atoms with Crippen LogP contribution in [-0.2, 0) is 4.79 Å². The van der Waals surface area contributed by atoms with E-state index >= 15 is 0 Å². The Morgan fingerprint density at radius 2 is 2.00 bits per heavy atom. The molecule has 64 valence electrons. The molecule has 0 bridgehead atoms. The number of Topliss-reactive ketones (excluding diaryl/α,β-unsaturated/α-hetero) is 1. The molecule has 0 aromatic carbocycles. The minimum Gasteiger partial charge on any atom is -0.427 e. The fourth-order valence-electron chi connectivity index (χ4n) is 0.609. The lowest BCUT2D eigenvalue weighted by atomic mass is 9.71. The van der Waals surface area contributed by atoms with Gasteiger partial charge in [0.05, 0.1) is 6.04 Å². The van der Waals surface area contributed by atoms with Crippen molar-refractivity contribution in [1.82, 2.24) is 0 Å². The fourth-order valence-corrected chi connectivity index (χ4v) is 0.609. The molecule has 0 aliphatic heterocycles. The summed E-state index contributed by atoms with van der Waals surface area (Å²) in [5.74, 6) is -0.584. The molecule has 4 nitrogen and oxygen atoms in total. The summed E-state index contributed by atoms with van der Waals surface area (Å²) in [5, 5.41) is 17.2. The maximum atomic E-state index is 10.9. The van der Waals surface area contributed by atoms with Gasteiger partial charge in [0.1, 0.15) is 5.78 Å². The number of nitrogens with two attached hydrogens (primary N) is 1. The molecule has 4 N–H and O–H groups in total. The molecular weight excluding hydrogens is 145 g/mol. The van der Waals surface area contributed by atoms with Crippen LogP contribution in [0.1, 0.15) is 20.3 Å². The average Bonchev–Trinajstić information content (AvgIpc) is 1.87. The Morgan fingerprint density at radius 1 is 1.55 bits per heavy atom. The molecule has 2 atom stereocenters. The second kappa shape index (κ2) is 4.48. The molecule has 0 aliphatic carbocycles. The summed E-state index contributed by atoms with van der Waals surface area (Å²) in [6.07, 6.45) is 0.120. The van der Waals surface area contributed by atoms with Crippen LogP contribution in [0.3, 0.4) is 0 Å². The van der Waals surface area contributed by atoms with Crippen molar-refractivity contribution in [3.05, 3.63) is 0 Å². The Bertz CT molecular complexity index is 138. The number of ketones is 1. The third-order valence-corrected chi connectivity index (χ3v) is 1.54. The molecule has 0 fully saturated rings. The van der Waals surface area contributed by atoms with Crippen molar-refractivity contribution in [3.8, 4) is 0 Å². The predicted octanol–water partition coefficient (Wildman–Crippen LogP) is -0.844. The maximum absolute atomic E-state index is 10.9. The van der Waals surface area contributed by atoms with Crippen LogP contribution in [0.2, 0.25) is 5.82 Å². The van der Waals surface area contributed by atoms with Gasteiger partial charge in [-0.25, -0.2) is 0 Å². The molecule has 0 aromatic rings. The smallest absolute Gasteiger partial charge is 0.427 e. The van der Waals surface area contributed by atoms with Crippen LogP contribution in [0.15, 0.2) is 0 Å². The first-order valence-corrected chi connectivity index (χ1v) is 3.59. The van der Waals surface area contributed by atoms with E-state index in [1.807, 2.05) is 0 Å². The molecule has 0 aliphatic rings. The Balaban J connectivity index is 3.76. The van der Waals surface area contributed by atoms with E-state index in [1.54, 1.807) is 13.8 Å². The van der Waals surface area contributed by atoms with Crippen LogP contribution in [0.4, 0.5) is 0 Å². The summed E-state index contributed by atoms with van der Waals surface area (Å²) in [6, 6.07) is -0.517. The molecule has 0 amide bonds. The van der Waals surface area contributed by atoms with E-state index in [1.165, 1.54) is 0 Å². The monoisotopic (exact) mass is 159 g/mol. The van der Waals surface area contributed by atoms with Gasteiger partial charge in [0.15, 0.2) is 0 Å². The van der Waals surface area contributed by atoms with Gasteiger partial charge in [-0.2, -0.15) is 0 Å². The van der Waals surface area contributed by atoms with E-state index < -0.39 is 19.0 Å². The third kappa shape index (κ3) is 4.13. The second-order valence-electron chi connectivity index (χ2n) is 2.85. The Labute approximate surface area is 66.5 Å². The van der Waals surface area contributed by atoms with Crippen molar-refractivity contribution < 1.29 is 14.8 Å². The molecule has 5 heteroatoms. The Morgan fingerprint density at radius 3 is 2.27 bits per heavy atom. The van der Waals surface area contributed by atoms with Crippen molar-refractivity contribution in [2.75, 3.05) is 0 Å². The number of carbonyl (C=O) groups is 1. The topological polar surface area (TPSA) is 83.6 Å². The summed E-state index contributed by atoms with van der Waals surface area (Å²) in [7, 11) is -1.43. The van der Waals surface area contributed by atoms with Gasteiger partial charge in [-0.3, -0.25) is 4.79 Å². The number of carbonyl (C=O) groups excluding carboxylic acids is 1. The van der Waals surface area contributed by atoms with Gasteiger partial charge in [-0.15, -0.1) is 0 Å². The van der Waals surface area contributed by atoms with E-state index in [4.69, 9.17) is 15.8 Å². The summed E-state index contributed by atoms with van der Waals surface area (Å²) in [4.78, 5) is 10.9. The zero-order valence-electron chi connectivity index (χ0n) is 6.82. The number of rotatable bonds is 4. The van der Waals surface area contributed by atoms with E-state index in [0.29, 0.717) is 0 Å². The maximum Gasteiger partial charge on any atom is 0.454 e. The van der Waals surface area contributed by atoms with Crippen LogP contribution in [0.5, 0.6) is 0 Å². The Kier molecular flexibility index (Phi) is 4.33. The van der Waals surface area contributed by atoms with Crippen molar-refractivity contribution >= 4 is 12.9 Å². The minimum absolute atomic E-state index is 0.120. The first-order chi connectivity index (χ1) is 4.95. The van der Waals surface area contributed by atoms with Gasteiger partial charge in [-0.05, 0) is 12.7 Å². The molecule has 0 aromatic heterocycles. The van der Waals surface area contributed by atoms with Crippen LogP contribution in [0.25, 0.3) is 0 Å². The number of hydrogen-bond acceptors (Lipinski definition) is 4.